The summed E-state index contributed by atoms with van der Waals surface area (Å²) < 4.78 is 0. The fourth-order valence-electron chi connectivity index (χ4n) is 3.54. The van der Waals surface area contributed by atoms with Crippen molar-refractivity contribution >= 4 is 16.8 Å². The minimum absolute atomic E-state index is 0.179. The van der Waals surface area contributed by atoms with Crippen LogP contribution in [-0.2, 0) is 0 Å². The van der Waals surface area contributed by atoms with E-state index in [2.05, 4.69) is 18.8 Å². The third kappa shape index (κ3) is 2.21. The first kappa shape index (κ1) is 13.2. The first-order valence-electron chi connectivity index (χ1n) is 7.43. The first-order valence-corrected chi connectivity index (χ1v) is 7.43. The lowest BCUT2D eigenvalue weighted by Gasteiger charge is -2.35. The maximum atomic E-state index is 12.9. The molecular weight excluding hydrogens is 248 g/mol. The van der Waals surface area contributed by atoms with Crippen molar-refractivity contribution in [1.82, 2.24) is 9.88 Å². The van der Waals surface area contributed by atoms with Crippen LogP contribution >= 0.6 is 0 Å². The number of hydrogen-bond donors (Lipinski definition) is 1. The highest BCUT2D eigenvalue weighted by Crippen LogP contribution is 2.27. The highest BCUT2D eigenvalue weighted by Gasteiger charge is 2.28. The van der Waals surface area contributed by atoms with Crippen LogP contribution in [0, 0.1) is 18.8 Å². The van der Waals surface area contributed by atoms with Gasteiger partial charge in [-0.05, 0) is 31.2 Å². The van der Waals surface area contributed by atoms with E-state index in [-0.39, 0.29) is 5.91 Å². The highest BCUT2D eigenvalue weighted by molar-refractivity contribution is 6.08. The van der Waals surface area contributed by atoms with Gasteiger partial charge in [-0.1, -0.05) is 32.0 Å². The quantitative estimate of drug-likeness (QED) is 0.844. The third-order valence-corrected chi connectivity index (χ3v) is 4.26. The lowest BCUT2D eigenvalue weighted by atomic mass is 9.91. The zero-order valence-corrected chi connectivity index (χ0v) is 12.4. The summed E-state index contributed by atoms with van der Waals surface area (Å²) in [5, 5.41) is 1.04. The number of likely N-dealkylation sites (tertiary alicyclic amines) is 1. The van der Waals surface area contributed by atoms with Gasteiger partial charge in [-0.25, -0.2) is 0 Å². The van der Waals surface area contributed by atoms with E-state index < -0.39 is 0 Å². The summed E-state index contributed by atoms with van der Waals surface area (Å²) in [6.45, 7) is 8.21. The van der Waals surface area contributed by atoms with E-state index in [0.717, 1.165) is 35.2 Å². The molecule has 1 saturated heterocycles. The van der Waals surface area contributed by atoms with Crippen molar-refractivity contribution in [1.29, 1.82) is 0 Å². The van der Waals surface area contributed by atoms with E-state index in [1.54, 1.807) is 0 Å². The predicted molar refractivity (Wildman–Crippen MR) is 81.9 cm³/mol. The number of nitrogens with zero attached hydrogens (tertiary/aromatic N) is 1. The Labute approximate surface area is 120 Å². The minimum Gasteiger partial charge on any atom is -0.358 e. The summed E-state index contributed by atoms with van der Waals surface area (Å²) in [5.74, 6) is 1.36. The van der Waals surface area contributed by atoms with E-state index in [9.17, 15) is 4.79 Å². The number of amides is 1. The van der Waals surface area contributed by atoms with Crippen LogP contribution in [0.4, 0.5) is 0 Å². The van der Waals surface area contributed by atoms with E-state index in [0.29, 0.717) is 11.8 Å². The molecule has 1 fully saturated rings. The van der Waals surface area contributed by atoms with Crippen molar-refractivity contribution in [2.75, 3.05) is 13.1 Å². The molecule has 0 aliphatic carbocycles. The smallest absolute Gasteiger partial charge is 0.256 e. The fourth-order valence-corrected chi connectivity index (χ4v) is 3.54. The number of piperidine rings is 1. The van der Waals surface area contributed by atoms with Crippen LogP contribution in [0.3, 0.4) is 0 Å². The number of carbonyl (C=O) groups excluding carboxylic acids is 1. The number of para-hydroxylation sites is 1. The summed E-state index contributed by atoms with van der Waals surface area (Å²) in [4.78, 5) is 18.2. The second-order valence-corrected chi connectivity index (χ2v) is 6.33. The lowest BCUT2D eigenvalue weighted by Crippen LogP contribution is -2.42. The molecule has 20 heavy (non-hydrogen) atoms. The van der Waals surface area contributed by atoms with Gasteiger partial charge in [0.25, 0.3) is 5.91 Å². The molecule has 1 aromatic heterocycles. The number of nitrogens with one attached hydrogen (secondary N) is 1. The van der Waals surface area contributed by atoms with Crippen LogP contribution in [0.5, 0.6) is 0 Å². The number of benzene rings is 1. The molecule has 1 aromatic carbocycles. The van der Waals surface area contributed by atoms with Crippen LogP contribution in [0.25, 0.3) is 10.9 Å². The number of fused-ring (bicyclic) bond motifs is 1. The number of H-pyrrole nitrogens is 1. The number of aromatic nitrogens is 1. The Balaban J connectivity index is 1.98. The molecule has 0 bridgehead atoms. The normalized spacial score (nSPS) is 23.2. The van der Waals surface area contributed by atoms with Crippen molar-refractivity contribution in [3.8, 4) is 0 Å². The van der Waals surface area contributed by atoms with Gasteiger partial charge in [-0.2, -0.15) is 0 Å². The number of rotatable bonds is 1. The minimum atomic E-state index is 0.179. The molecule has 1 N–H and O–H groups in total. The van der Waals surface area contributed by atoms with Crippen LogP contribution in [0.1, 0.15) is 36.3 Å². The van der Waals surface area contributed by atoms with Gasteiger partial charge in [0.15, 0.2) is 0 Å². The van der Waals surface area contributed by atoms with E-state index in [4.69, 9.17) is 0 Å². The molecule has 2 aromatic rings. The van der Waals surface area contributed by atoms with Gasteiger partial charge in [0.2, 0.25) is 0 Å². The average molecular weight is 270 g/mol. The molecule has 2 heterocycles. The van der Waals surface area contributed by atoms with E-state index in [1.165, 1.54) is 6.42 Å². The van der Waals surface area contributed by atoms with Crippen LogP contribution in [0.2, 0.25) is 0 Å². The summed E-state index contributed by atoms with van der Waals surface area (Å²) >= 11 is 0. The van der Waals surface area contributed by atoms with Gasteiger partial charge in [0.1, 0.15) is 0 Å². The summed E-state index contributed by atoms with van der Waals surface area (Å²) in [6, 6.07) is 8.05. The average Bonchev–Trinajstić information content (AvgIpc) is 2.72. The maximum Gasteiger partial charge on any atom is 0.256 e. The molecule has 2 unspecified atom stereocenters. The molecule has 1 aliphatic rings. The Morgan fingerprint density at radius 1 is 1.20 bits per heavy atom. The fraction of sp³-hybridized carbons (Fsp3) is 0.471. The number of aryl methyl sites for hydroxylation is 1. The second-order valence-electron chi connectivity index (χ2n) is 6.33. The molecule has 3 nitrogen and oxygen atoms in total. The molecule has 3 rings (SSSR count). The molecule has 2 atom stereocenters. The molecular formula is C17H22N2O. The van der Waals surface area contributed by atoms with Crippen molar-refractivity contribution < 1.29 is 4.79 Å². The van der Waals surface area contributed by atoms with Crippen molar-refractivity contribution in [2.24, 2.45) is 11.8 Å². The van der Waals surface area contributed by atoms with Crippen LogP contribution < -0.4 is 0 Å². The van der Waals surface area contributed by atoms with Gasteiger partial charge < -0.3 is 9.88 Å². The molecule has 0 saturated carbocycles. The SMILES string of the molecule is Cc1[nH]c2ccccc2c1C(=O)N1CC(C)CC(C)C1. The van der Waals surface area contributed by atoms with Crippen molar-refractivity contribution in [3.63, 3.8) is 0 Å². The molecule has 106 valence electrons. The Morgan fingerprint density at radius 3 is 2.55 bits per heavy atom. The Kier molecular flexibility index (Phi) is 3.28. The van der Waals surface area contributed by atoms with Crippen LogP contribution in [-0.4, -0.2) is 28.9 Å². The number of aromatic amines is 1. The molecule has 0 spiro atoms. The van der Waals surface area contributed by atoms with Gasteiger partial charge in [0, 0.05) is 29.7 Å². The van der Waals surface area contributed by atoms with Crippen molar-refractivity contribution in [3.05, 3.63) is 35.5 Å². The molecule has 1 amide bonds. The summed E-state index contributed by atoms with van der Waals surface area (Å²) in [7, 11) is 0. The molecule has 3 heteroatoms. The van der Waals surface area contributed by atoms with E-state index >= 15 is 0 Å². The Hall–Kier alpha value is -1.77. The van der Waals surface area contributed by atoms with Crippen molar-refractivity contribution in [2.45, 2.75) is 27.2 Å². The first-order chi connectivity index (χ1) is 9.56. The topological polar surface area (TPSA) is 36.1 Å². The highest BCUT2D eigenvalue weighted by atomic mass is 16.2. The third-order valence-electron chi connectivity index (χ3n) is 4.26. The second kappa shape index (κ2) is 4.97. The zero-order valence-electron chi connectivity index (χ0n) is 12.4. The predicted octanol–water partition coefficient (Wildman–Crippen LogP) is 3.59. The van der Waals surface area contributed by atoms with Gasteiger partial charge >= 0.3 is 0 Å². The maximum absolute atomic E-state index is 12.9. The summed E-state index contributed by atoms with van der Waals surface area (Å²) in [6.07, 6.45) is 1.22. The molecule has 0 radical (unpaired) electrons. The Morgan fingerprint density at radius 2 is 1.85 bits per heavy atom. The largest absolute Gasteiger partial charge is 0.358 e. The Bertz CT molecular complexity index is 633. The van der Waals surface area contributed by atoms with Crippen LogP contribution in [0.15, 0.2) is 24.3 Å². The van der Waals surface area contributed by atoms with Gasteiger partial charge in [-0.3, -0.25) is 4.79 Å². The lowest BCUT2D eigenvalue weighted by molar-refractivity contribution is 0.0624. The molecule has 1 aliphatic heterocycles. The van der Waals surface area contributed by atoms with Gasteiger partial charge in [-0.15, -0.1) is 0 Å². The standard InChI is InChI=1S/C17H22N2O/c1-11-8-12(2)10-19(9-11)17(20)16-13(3)18-15-7-5-4-6-14(15)16/h4-7,11-12,18H,8-10H2,1-3H3. The van der Waals surface area contributed by atoms with E-state index in [1.807, 2.05) is 36.1 Å². The monoisotopic (exact) mass is 270 g/mol. The summed E-state index contributed by atoms with van der Waals surface area (Å²) in [5.41, 5.74) is 2.87. The number of carbonyl (C=O) groups is 1. The van der Waals surface area contributed by atoms with Gasteiger partial charge in [0.05, 0.1) is 5.56 Å². The zero-order chi connectivity index (χ0) is 14.3. The number of hydrogen-bond acceptors (Lipinski definition) is 1.